The van der Waals surface area contributed by atoms with Gasteiger partial charge < -0.3 is 10.1 Å². The average molecular weight is 357 g/mol. The van der Waals surface area contributed by atoms with Crippen molar-refractivity contribution in [2.24, 2.45) is 0 Å². The van der Waals surface area contributed by atoms with Crippen molar-refractivity contribution in [2.45, 2.75) is 13.2 Å². The third kappa shape index (κ3) is 4.49. The van der Waals surface area contributed by atoms with Crippen molar-refractivity contribution in [3.63, 3.8) is 0 Å². The zero-order valence-electron chi connectivity index (χ0n) is 14.7. The van der Waals surface area contributed by atoms with Crippen LogP contribution in [0.15, 0.2) is 78.9 Å². The Morgan fingerprint density at radius 3 is 2.30 bits per heavy atom. The second kappa shape index (κ2) is 8.14. The average Bonchev–Trinajstić information content (AvgIpc) is 3.28. The lowest BCUT2D eigenvalue weighted by Crippen LogP contribution is -2.00. The molecule has 0 fully saturated rings. The monoisotopic (exact) mass is 357 g/mol. The quantitative estimate of drug-likeness (QED) is 0.522. The molecule has 3 aromatic carbocycles. The predicted octanol–water partition coefficient (Wildman–Crippen LogP) is 4.06. The van der Waals surface area contributed by atoms with E-state index < -0.39 is 0 Å². The minimum Gasteiger partial charge on any atom is -0.489 e. The summed E-state index contributed by atoms with van der Waals surface area (Å²) in [6.45, 7) is 1.31. The first-order chi connectivity index (χ1) is 13.4. The standard InChI is InChI=1S/C21H19N5O/c1-2-4-17(5-3-1)15-27-20-12-6-16(7-13-20)14-22-19-10-8-18(9-11-19)21-23-25-26-24-21/h1-13,22H,14-15H2,(H,23,24,25,26). The van der Waals surface area contributed by atoms with Crippen LogP contribution in [0.3, 0.4) is 0 Å². The van der Waals surface area contributed by atoms with Gasteiger partial charge in [-0.15, -0.1) is 10.2 Å². The number of rotatable bonds is 7. The fraction of sp³-hybridized carbons (Fsp3) is 0.0952. The first-order valence-electron chi connectivity index (χ1n) is 8.70. The molecular weight excluding hydrogens is 338 g/mol. The van der Waals surface area contributed by atoms with Crippen molar-refractivity contribution < 1.29 is 4.74 Å². The van der Waals surface area contributed by atoms with Gasteiger partial charge in [-0.05, 0) is 52.7 Å². The molecule has 27 heavy (non-hydrogen) atoms. The molecule has 0 spiro atoms. The van der Waals surface area contributed by atoms with Crippen LogP contribution in [0.4, 0.5) is 5.69 Å². The van der Waals surface area contributed by atoms with Gasteiger partial charge in [0.15, 0.2) is 0 Å². The van der Waals surface area contributed by atoms with Crippen molar-refractivity contribution in [3.8, 4) is 17.1 Å². The van der Waals surface area contributed by atoms with Crippen molar-refractivity contribution in [2.75, 3.05) is 5.32 Å². The van der Waals surface area contributed by atoms with Crippen molar-refractivity contribution >= 4 is 5.69 Å². The molecule has 0 aliphatic heterocycles. The van der Waals surface area contributed by atoms with Gasteiger partial charge in [-0.25, -0.2) is 0 Å². The van der Waals surface area contributed by atoms with E-state index in [9.17, 15) is 0 Å². The van der Waals surface area contributed by atoms with E-state index in [-0.39, 0.29) is 0 Å². The lowest BCUT2D eigenvalue weighted by Gasteiger charge is -2.09. The van der Waals surface area contributed by atoms with Crippen molar-refractivity contribution in [3.05, 3.63) is 90.0 Å². The van der Waals surface area contributed by atoms with Crippen LogP contribution < -0.4 is 10.1 Å². The number of tetrazole rings is 1. The van der Waals surface area contributed by atoms with E-state index in [1.807, 2.05) is 54.6 Å². The van der Waals surface area contributed by atoms with Crippen molar-refractivity contribution in [1.29, 1.82) is 0 Å². The summed E-state index contributed by atoms with van der Waals surface area (Å²) in [6.07, 6.45) is 0. The van der Waals surface area contributed by atoms with Crippen LogP contribution in [0.2, 0.25) is 0 Å². The fourth-order valence-electron chi connectivity index (χ4n) is 2.67. The maximum atomic E-state index is 5.82. The summed E-state index contributed by atoms with van der Waals surface area (Å²) in [5.41, 5.74) is 4.30. The maximum absolute atomic E-state index is 5.82. The summed E-state index contributed by atoms with van der Waals surface area (Å²) < 4.78 is 5.82. The molecule has 4 aromatic rings. The summed E-state index contributed by atoms with van der Waals surface area (Å²) in [4.78, 5) is 0. The highest BCUT2D eigenvalue weighted by atomic mass is 16.5. The molecule has 0 unspecified atom stereocenters. The molecule has 1 aromatic heterocycles. The maximum Gasteiger partial charge on any atom is 0.204 e. The van der Waals surface area contributed by atoms with Crippen LogP contribution in [0.1, 0.15) is 11.1 Å². The molecule has 0 radical (unpaired) electrons. The van der Waals surface area contributed by atoms with E-state index in [1.165, 1.54) is 5.56 Å². The Balaban J connectivity index is 1.29. The zero-order valence-corrected chi connectivity index (χ0v) is 14.7. The number of aromatic amines is 1. The van der Waals surface area contributed by atoms with Crippen LogP contribution >= 0.6 is 0 Å². The molecule has 0 aliphatic carbocycles. The third-order valence-corrected chi connectivity index (χ3v) is 4.16. The molecule has 6 heteroatoms. The molecule has 0 bridgehead atoms. The highest BCUT2D eigenvalue weighted by molar-refractivity contribution is 5.59. The van der Waals surface area contributed by atoms with Crippen LogP contribution in [0.25, 0.3) is 11.4 Å². The topological polar surface area (TPSA) is 75.7 Å². The number of hydrogen-bond acceptors (Lipinski definition) is 5. The number of ether oxygens (including phenoxy) is 1. The molecule has 134 valence electrons. The fourth-order valence-corrected chi connectivity index (χ4v) is 2.67. The Morgan fingerprint density at radius 2 is 1.59 bits per heavy atom. The lowest BCUT2D eigenvalue weighted by molar-refractivity contribution is 0.306. The summed E-state index contributed by atoms with van der Waals surface area (Å²) in [5.74, 6) is 1.46. The second-order valence-electron chi connectivity index (χ2n) is 6.08. The van der Waals surface area contributed by atoms with E-state index in [0.717, 1.165) is 29.1 Å². The van der Waals surface area contributed by atoms with Gasteiger partial charge in [-0.1, -0.05) is 42.5 Å². The third-order valence-electron chi connectivity index (χ3n) is 4.16. The Labute approximate surface area is 157 Å². The lowest BCUT2D eigenvalue weighted by atomic mass is 10.2. The predicted molar refractivity (Wildman–Crippen MR) is 104 cm³/mol. The molecule has 1 heterocycles. The largest absolute Gasteiger partial charge is 0.489 e. The highest BCUT2D eigenvalue weighted by Crippen LogP contribution is 2.18. The van der Waals surface area contributed by atoms with E-state index >= 15 is 0 Å². The number of nitrogens with zero attached hydrogens (tertiary/aromatic N) is 3. The molecule has 0 saturated carbocycles. The minimum atomic E-state index is 0.575. The van der Waals surface area contributed by atoms with Gasteiger partial charge in [-0.2, -0.15) is 5.21 Å². The Kier molecular flexibility index (Phi) is 5.06. The summed E-state index contributed by atoms with van der Waals surface area (Å²) >= 11 is 0. The Morgan fingerprint density at radius 1 is 0.815 bits per heavy atom. The zero-order chi connectivity index (χ0) is 18.3. The van der Waals surface area contributed by atoms with Gasteiger partial charge in [0, 0.05) is 17.8 Å². The van der Waals surface area contributed by atoms with Crippen LogP contribution in [0.5, 0.6) is 5.75 Å². The number of benzene rings is 3. The normalized spacial score (nSPS) is 10.5. The van der Waals surface area contributed by atoms with Gasteiger partial charge in [0.2, 0.25) is 5.82 Å². The summed E-state index contributed by atoms with van der Waals surface area (Å²) in [7, 11) is 0. The van der Waals surface area contributed by atoms with Crippen molar-refractivity contribution in [1.82, 2.24) is 20.6 Å². The summed E-state index contributed by atoms with van der Waals surface area (Å²) in [6, 6.07) is 26.2. The molecule has 4 rings (SSSR count). The van der Waals surface area contributed by atoms with E-state index in [1.54, 1.807) is 0 Å². The first kappa shape index (κ1) is 16.8. The number of anilines is 1. The minimum absolute atomic E-state index is 0.575. The van der Waals surface area contributed by atoms with E-state index in [0.29, 0.717) is 12.4 Å². The molecular formula is C21H19N5O. The number of aromatic nitrogens is 4. The Hall–Kier alpha value is -3.67. The SMILES string of the molecule is c1ccc(COc2ccc(CNc3ccc(-c4nn[nH]n4)cc3)cc2)cc1. The first-order valence-corrected chi connectivity index (χ1v) is 8.70. The van der Waals surface area contributed by atoms with E-state index in [2.05, 4.69) is 50.2 Å². The van der Waals surface area contributed by atoms with Crippen LogP contribution in [-0.2, 0) is 13.2 Å². The van der Waals surface area contributed by atoms with Crippen LogP contribution in [0, 0.1) is 0 Å². The molecule has 6 nitrogen and oxygen atoms in total. The number of nitrogens with one attached hydrogen (secondary N) is 2. The van der Waals surface area contributed by atoms with Gasteiger partial charge in [-0.3, -0.25) is 0 Å². The Bertz CT molecular complexity index is 952. The van der Waals surface area contributed by atoms with Gasteiger partial charge >= 0.3 is 0 Å². The smallest absolute Gasteiger partial charge is 0.204 e. The number of H-pyrrole nitrogens is 1. The van der Waals surface area contributed by atoms with Gasteiger partial charge in [0.05, 0.1) is 0 Å². The highest BCUT2D eigenvalue weighted by Gasteiger charge is 2.02. The molecule has 0 saturated heterocycles. The second-order valence-corrected chi connectivity index (χ2v) is 6.08. The summed E-state index contributed by atoms with van der Waals surface area (Å²) in [5, 5.41) is 17.4. The molecule has 2 N–H and O–H groups in total. The van der Waals surface area contributed by atoms with Crippen LogP contribution in [-0.4, -0.2) is 20.6 Å². The van der Waals surface area contributed by atoms with E-state index in [4.69, 9.17) is 4.74 Å². The van der Waals surface area contributed by atoms with Gasteiger partial charge in [0.25, 0.3) is 0 Å². The van der Waals surface area contributed by atoms with Gasteiger partial charge in [0.1, 0.15) is 12.4 Å². The number of hydrogen-bond donors (Lipinski definition) is 2. The molecule has 0 aliphatic rings. The molecule has 0 amide bonds. The molecule has 0 atom stereocenters.